The molecule has 1 amide bonds. The first-order valence-electron chi connectivity index (χ1n) is 7.19. The third-order valence-electron chi connectivity index (χ3n) is 3.25. The van der Waals surface area contributed by atoms with Crippen molar-refractivity contribution in [3.05, 3.63) is 6.20 Å². The SMILES string of the molecule is C[C@@H]1C[C@H](NC(=O)OC(C)(C)C)CN(c2sncc2N)C1. The monoisotopic (exact) mass is 312 g/mol. The maximum absolute atomic E-state index is 11.9. The van der Waals surface area contributed by atoms with Crippen LogP contribution in [0.25, 0.3) is 0 Å². The van der Waals surface area contributed by atoms with Crippen molar-refractivity contribution in [1.82, 2.24) is 9.69 Å². The van der Waals surface area contributed by atoms with Crippen molar-refractivity contribution in [3.63, 3.8) is 0 Å². The smallest absolute Gasteiger partial charge is 0.407 e. The van der Waals surface area contributed by atoms with E-state index < -0.39 is 5.60 Å². The number of piperidine rings is 1. The van der Waals surface area contributed by atoms with Gasteiger partial charge >= 0.3 is 6.09 Å². The van der Waals surface area contributed by atoms with E-state index in [0.29, 0.717) is 11.6 Å². The number of aromatic nitrogens is 1. The molecular weight excluding hydrogens is 288 g/mol. The maximum Gasteiger partial charge on any atom is 0.407 e. The van der Waals surface area contributed by atoms with Gasteiger partial charge in [0.2, 0.25) is 0 Å². The van der Waals surface area contributed by atoms with E-state index in [1.807, 2.05) is 20.8 Å². The van der Waals surface area contributed by atoms with Crippen molar-refractivity contribution < 1.29 is 9.53 Å². The lowest BCUT2D eigenvalue weighted by atomic mass is 9.96. The molecule has 0 spiro atoms. The topological polar surface area (TPSA) is 80.5 Å². The third-order valence-corrected chi connectivity index (χ3v) is 4.12. The van der Waals surface area contributed by atoms with Crippen LogP contribution in [0.15, 0.2) is 6.20 Å². The van der Waals surface area contributed by atoms with E-state index >= 15 is 0 Å². The standard InChI is InChI=1S/C14H24N4O2S/c1-9-5-10(17-13(19)20-14(2,3)4)8-18(7-9)12-11(15)6-16-21-12/h6,9-10H,5,7-8,15H2,1-4H3,(H,17,19)/t9-,10+/m1/s1. The fraction of sp³-hybridized carbons (Fsp3) is 0.714. The molecule has 1 saturated heterocycles. The van der Waals surface area contributed by atoms with Gasteiger partial charge in [-0.1, -0.05) is 6.92 Å². The van der Waals surface area contributed by atoms with Gasteiger partial charge in [0, 0.05) is 13.1 Å². The highest BCUT2D eigenvalue weighted by molar-refractivity contribution is 7.10. The molecule has 1 aliphatic heterocycles. The van der Waals surface area contributed by atoms with Gasteiger partial charge in [-0.2, -0.15) is 4.37 Å². The fourth-order valence-corrected chi connectivity index (χ4v) is 3.27. The van der Waals surface area contributed by atoms with Gasteiger partial charge in [0.05, 0.1) is 17.9 Å². The van der Waals surface area contributed by atoms with Crippen LogP contribution in [-0.4, -0.2) is 35.2 Å². The van der Waals surface area contributed by atoms with Gasteiger partial charge < -0.3 is 20.7 Å². The summed E-state index contributed by atoms with van der Waals surface area (Å²) in [6.07, 6.45) is 2.25. The molecule has 2 atom stereocenters. The minimum absolute atomic E-state index is 0.0603. The van der Waals surface area contributed by atoms with Gasteiger partial charge in [-0.3, -0.25) is 0 Å². The number of alkyl carbamates (subject to hydrolysis) is 1. The van der Waals surface area contributed by atoms with Gasteiger partial charge in [-0.25, -0.2) is 4.79 Å². The first-order valence-corrected chi connectivity index (χ1v) is 7.96. The molecule has 0 unspecified atom stereocenters. The normalized spacial score (nSPS) is 23.0. The number of amides is 1. The van der Waals surface area contributed by atoms with Crippen LogP contribution in [0.4, 0.5) is 15.5 Å². The van der Waals surface area contributed by atoms with Crippen LogP contribution in [0.3, 0.4) is 0 Å². The van der Waals surface area contributed by atoms with Crippen LogP contribution >= 0.6 is 11.5 Å². The Balaban J connectivity index is 1.98. The average Bonchev–Trinajstić information content (AvgIpc) is 2.71. The molecule has 1 aromatic heterocycles. The number of ether oxygens (including phenoxy) is 1. The van der Waals surface area contributed by atoms with Gasteiger partial charge in [-0.05, 0) is 44.6 Å². The minimum atomic E-state index is -0.480. The number of nitrogens with two attached hydrogens (primary N) is 1. The Kier molecular flexibility index (Phi) is 4.61. The van der Waals surface area contributed by atoms with Crippen molar-refractivity contribution in [2.75, 3.05) is 23.7 Å². The second kappa shape index (κ2) is 6.09. The Morgan fingerprint density at radius 1 is 1.52 bits per heavy atom. The highest BCUT2D eigenvalue weighted by Gasteiger charge is 2.29. The Morgan fingerprint density at radius 3 is 2.81 bits per heavy atom. The largest absolute Gasteiger partial charge is 0.444 e. The van der Waals surface area contributed by atoms with Crippen molar-refractivity contribution in [2.24, 2.45) is 5.92 Å². The van der Waals surface area contributed by atoms with Gasteiger partial charge in [-0.15, -0.1) is 0 Å². The van der Waals surface area contributed by atoms with Crippen LogP contribution in [0.5, 0.6) is 0 Å². The third kappa shape index (κ3) is 4.49. The maximum atomic E-state index is 11.9. The molecule has 0 aromatic carbocycles. The summed E-state index contributed by atoms with van der Waals surface area (Å²) in [6, 6.07) is 0.0603. The van der Waals surface area contributed by atoms with Crippen molar-refractivity contribution >= 4 is 28.3 Å². The number of nitrogen functional groups attached to an aromatic ring is 1. The summed E-state index contributed by atoms with van der Waals surface area (Å²) in [5.74, 6) is 0.472. The van der Waals surface area contributed by atoms with Gasteiger partial charge in [0.15, 0.2) is 0 Å². The number of anilines is 2. The molecule has 2 heterocycles. The molecule has 2 rings (SSSR count). The number of carbonyl (C=O) groups is 1. The molecule has 0 saturated carbocycles. The number of nitrogens with one attached hydrogen (secondary N) is 1. The van der Waals surface area contributed by atoms with Gasteiger partial charge in [0.1, 0.15) is 10.6 Å². The molecule has 0 radical (unpaired) electrons. The van der Waals surface area contributed by atoms with E-state index in [4.69, 9.17) is 10.5 Å². The molecule has 3 N–H and O–H groups in total. The van der Waals surface area contributed by atoms with Crippen LogP contribution in [-0.2, 0) is 4.74 Å². The van der Waals surface area contributed by atoms with Crippen molar-refractivity contribution in [1.29, 1.82) is 0 Å². The van der Waals surface area contributed by atoms with Crippen LogP contribution in [0.2, 0.25) is 0 Å². The number of hydrogen-bond acceptors (Lipinski definition) is 6. The molecule has 1 aliphatic rings. The Morgan fingerprint density at radius 2 is 2.24 bits per heavy atom. The fourth-order valence-electron chi connectivity index (χ4n) is 2.58. The first-order chi connectivity index (χ1) is 9.74. The quantitative estimate of drug-likeness (QED) is 0.877. The molecular formula is C14H24N4O2S. The van der Waals surface area contributed by atoms with Crippen molar-refractivity contribution in [3.8, 4) is 0 Å². The second-order valence-corrected chi connectivity index (χ2v) is 7.46. The number of rotatable bonds is 2. The minimum Gasteiger partial charge on any atom is -0.444 e. The van der Waals surface area contributed by atoms with E-state index in [0.717, 1.165) is 24.5 Å². The Hall–Kier alpha value is -1.50. The molecule has 7 heteroatoms. The first kappa shape index (κ1) is 15.9. The van der Waals surface area contributed by atoms with E-state index in [9.17, 15) is 4.79 Å². The van der Waals surface area contributed by atoms with E-state index in [1.54, 1.807) is 6.20 Å². The summed E-state index contributed by atoms with van der Waals surface area (Å²) in [5.41, 5.74) is 6.16. The summed E-state index contributed by atoms with van der Waals surface area (Å²) < 4.78 is 9.44. The summed E-state index contributed by atoms with van der Waals surface area (Å²) in [5, 5.41) is 3.94. The average molecular weight is 312 g/mol. The molecule has 6 nitrogen and oxygen atoms in total. The lowest BCUT2D eigenvalue weighted by Crippen LogP contribution is -2.51. The molecule has 21 heavy (non-hydrogen) atoms. The number of hydrogen-bond donors (Lipinski definition) is 2. The summed E-state index contributed by atoms with van der Waals surface area (Å²) in [7, 11) is 0. The molecule has 0 aliphatic carbocycles. The van der Waals surface area contributed by atoms with Gasteiger partial charge in [0.25, 0.3) is 0 Å². The molecule has 118 valence electrons. The van der Waals surface area contributed by atoms with E-state index in [1.165, 1.54) is 11.5 Å². The summed E-state index contributed by atoms with van der Waals surface area (Å²) in [4.78, 5) is 14.1. The predicted molar refractivity (Wildman–Crippen MR) is 85.7 cm³/mol. The van der Waals surface area contributed by atoms with Crippen LogP contribution in [0.1, 0.15) is 34.1 Å². The lowest BCUT2D eigenvalue weighted by molar-refractivity contribution is 0.0495. The molecule has 0 bridgehead atoms. The van der Waals surface area contributed by atoms with Crippen LogP contribution < -0.4 is 16.0 Å². The zero-order valence-electron chi connectivity index (χ0n) is 13.0. The molecule has 1 aromatic rings. The van der Waals surface area contributed by atoms with Crippen molar-refractivity contribution in [2.45, 2.75) is 45.8 Å². The zero-order chi connectivity index (χ0) is 15.6. The predicted octanol–water partition coefficient (Wildman–Crippen LogP) is 2.46. The van der Waals surface area contributed by atoms with E-state index in [-0.39, 0.29) is 12.1 Å². The summed E-state index contributed by atoms with van der Waals surface area (Å²) >= 11 is 1.40. The Bertz CT molecular complexity index is 497. The number of nitrogens with zero attached hydrogens (tertiary/aromatic N) is 2. The second-order valence-electron chi connectivity index (χ2n) is 6.68. The number of carbonyl (C=O) groups excluding carboxylic acids is 1. The highest BCUT2D eigenvalue weighted by atomic mass is 32.1. The zero-order valence-corrected chi connectivity index (χ0v) is 13.9. The summed E-state index contributed by atoms with van der Waals surface area (Å²) in [6.45, 7) is 9.42. The Labute approximate surface area is 129 Å². The lowest BCUT2D eigenvalue weighted by Gasteiger charge is -2.37. The highest BCUT2D eigenvalue weighted by Crippen LogP contribution is 2.31. The van der Waals surface area contributed by atoms with Crippen LogP contribution in [0, 0.1) is 5.92 Å². The molecule has 1 fully saturated rings. The van der Waals surface area contributed by atoms with E-state index in [2.05, 4.69) is 21.5 Å².